The van der Waals surface area contributed by atoms with Crippen molar-refractivity contribution < 1.29 is 9.84 Å². The molecule has 2 rings (SSSR count). The van der Waals surface area contributed by atoms with Gasteiger partial charge in [-0.1, -0.05) is 26.0 Å². The van der Waals surface area contributed by atoms with E-state index in [0.717, 1.165) is 18.9 Å². The van der Waals surface area contributed by atoms with Crippen molar-refractivity contribution in [3.63, 3.8) is 0 Å². The van der Waals surface area contributed by atoms with Crippen LogP contribution in [0, 0.1) is 11.8 Å². The quantitative estimate of drug-likeness (QED) is 0.767. The third-order valence-corrected chi connectivity index (χ3v) is 4.01. The van der Waals surface area contributed by atoms with Crippen LogP contribution in [0.25, 0.3) is 0 Å². The van der Waals surface area contributed by atoms with Crippen molar-refractivity contribution in [3.8, 4) is 5.75 Å². The van der Waals surface area contributed by atoms with Crippen LogP contribution in [0.1, 0.15) is 39.2 Å². The van der Waals surface area contributed by atoms with Crippen LogP contribution in [-0.4, -0.2) is 23.9 Å². The molecule has 1 aromatic carbocycles. The first-order valence-electron chi connectivity index (χ1n) is 7.61. The maximum atomic E-state index is 9.56. The van der Waals surface area contributed by atoms with Gasteiger partial charge in [0, 0.05) is 12.1 Å². The number of hydrogen-bond donors (Lipinski definition) is 2. The van der Waals surface area contributed by atoms with Gasteiger partial charge >= 0.3 is 0 Å². The SMILES string of the molecule is CC(C)COc1ccc(CNC(C)(CO)C2CC2)cc1. The Bertz CT molecular complexity index is 412. The summed E-state index contributed by atoms with van der Waals surface area (Å²) in [4.78, 5) is 0. The molecule has 0 radical (unpaired) electrons. The zero-order valence-electron chi connectivity index (χ0n) is 12.9. The van der Waals surface area contributed by atoms with Crippen molar-refractivity contribution in [1.82, 2.24) is 5.32 Å². The molecule has 0 saturated heterocycles. The molecular formula is C17H27NO2. The first kappa shape index (κ1) is 15.3. The van der Waals surface area contributed by atoms with Crippen LogP contribution in [-0.2, 0) is 6.54 Å². The van der Waals surface area contributed by atoms with Crippen molar-refractivity contribution >= 4 is 0 Å². The Morgan fingerprint density at radius 2 is 1.95 bits per heavy atom. The van der Waals surface area contributed by atoms with Gasteiger partial charge in [0.15, 0.2) is 0 Å². The van der Waals surface area contributed by atoms with E-state index in [9.17, 15) is 5.11 Å². The van der Waals surface area contributed by atoms with Crippen molar-refractivity contribution in [2.75, 3.05) is 13.2 Å². The lowest BCUT2D eigenvalue weighted by Gasteiger charge is -2.29. The highest BCUT2D eigenvalue weighted by molar-refractivity contribution is 5.27. The molecule has 1 saturated carbocycles. The highest BCUT2D eigenvalue weighted by Crippen LogP contribution is 2.39. The fraction of sp³-hybridized carbons (Fsp3) is 0.647. The van der Waals surface area contributed by atoms with Crippen molar-refractivity contribution in [3.05, 3.63) is 29.8 Å². The summed E-state index contributed by atoms with van der Waals surface area (Å²) >= 11 is 0. The average molecular weight is 277 g/mol. The first-order valence-corrected chi connectivity index (χ1v) is 7.61. The van der Waals surface area contributed by atoms with Gasteiger partial charge < -0.3 is 15.2 Å². The molecule has 1 unspecified atom stereocenters. The van der Waals surface area contributed by atoms with Gasteiger partial charge in [-0.3, -0.25) is 0 Å². The van der Waals surface area contributed by atoms with Crippen LogP contribution < -0.4 is 10.1 Å². The Balaban J connectivity index is 1.84. The van der Waals surface area contributed by atoms with Gasteiger partial charge in [-0.05, 0) is 49.3 Å². The molecule has 1 aromatic rings. The number of ether oxygens (including phenoxy) is 1. The van der Waals surface area contributed by atoms with Crippen molar-refractivity contribution in [1.29, 1.82) is 0 Å². The standard InChI is InChI=1S/C17H27NO2/c1-13(2)11-20-16-8-4-14(5-9-16)10-18-17(3,12-19)15-6-7-15/h4-5,8-9,13,15,18-19H,6-7,10-12H2,1-3H3. The van der Waals surface area contributed by atoms with E-state index in [1.807, 2.05) is 12.1 Å². The van der Waals surface area contributed by atoms with E-state index in [4.69, 9.17) is 4.74 Å². The Kier molecular flexibility index (Phi) is 5.06. The maximum Gasteiger partial charge on any atom is 0.119 e. The minimum atomic E-state index is -0.132. The molecule has 1 atom stereocenters. The van der Waals surface area contributed by atoms with Crippen LogP contribution in [0.15, 0.2) is 24.3 Å². The van der Waals surface area contributed by atoms with Crippen LogP contribution in [0.5, 0.6) is 5.75 Å². The predicted molar refractivity (Wildman–Crippen MR) is 81.8 cm³/mol. The zero-order valence-corrected chi connectivity index (χ0v) is 12.9. The van der Waals surface area contributed by atoms with Gasteiger partial charge in [-0.2, -0.15) is 0 Å². The van der Waals surface area contributed by atoms with Gasteiger partial charge in [-0.15, -0.1) is 0 Å². The van der Waals surface area contributed by atoms with Crippen LogP contribution in [0.3, 0.4) is 0 Å². The second kappa shape index (κ2) is 6.59. The highest BCUT2D eigenvalue weighted by Gasteiger charge is 2.40. The summed E-state index contributed by atoms with van der Waals surface area (Å²) in [5.41, 5.74) is 1.09. The van der Waals surface area contributed by atoms with Gasteiger partial charge in [0.1, 0.15) is 5.75 Å². The van der Waals surface area contributed by atoms with E-state index in [2.05, 4.69) is 38.2 Å². The highest BCUT2D eigenvalue weighted by atomic mass is 16.5. The smallest absolute Gasteiger partial charge is 0.119 e. The monoisotopic (exact) mass is 277 g/mol. The predicted octanol–water partition coefficient (Wildman–Crippen LogP) is 2.97. The summed E-state index contributed by atoms with van der Waals surface area (Å²) in [6, 6.07) is 8.22. The van der Waals surface area contributed by atoms with Gasteiger partial charge in [-0.25, -0.2) is 0 Å². The third kappa shape index (κ3) is 4.22. The molecular weight excluding hydrogens is 250 g/mol. The molecule has 3 nitrogen and oxygen atoms in total. The molecule has 0 spiro atoms. The molecule has 2 N–H and O–H groups in total. The first-order chi connectivity index (χ1) is 9.53. The topological polar surface area (TPSA) is 41.5 Å². The summed E-state index contributed by atoms with van der Waals surface area (Å²) in [7, 11) is 0. The normalized spacial score (nSPS) is 18.1. The van der Waals surface area contributed by atoms with Crippen LogP contribution >= 0.6 is 0 Å². The number of nitrogens with one attached hydrogen (secondary N) is 1. The van der Waals surface area contributed by atoms with Gasteiger partial charge in [0.2, 0.25) is 0 Å². The number of hydrogen-bond acceptors (Lipinski definition) is 3. The molecule has 1 aliphatic rings. The maximum absolute atomic E-state index is 9.56. The summed E-state index contributed by atoms with van der Waals surface area (Å²) in [5, 5.41) is 13.1. The number of aliphatic hydroxyl groups excluding tert-OH is 1. The number of benzene rings is 1. The third-order valence-electron chi connectivity index (χ3n) is 4.01. The number of aliphatic hydroxyl groups is 1. The number of rotatable bonds is 8. The second-order valence-electron chi connectivity index (χ2n) is 6.55. The fourth-order valence-corrected chi connectivity index (χ4v) is 2.32. The molecule has 1 fully saturated rings. The van der Waals surface area contributed by atoms with E-state index >= 15 is 0 Å². The summed E-state index contributed by atoms with van der Waals surface area (Å²) in [6.07, 6.45) is 2.46. The molecule has 1 aliphatic carbocycles. The van der Waals surface area contributed by atoms with Gasteiger partial charge in [0.05, 0.1) is 13.2 Å². The Hall–Kier alpha value is -1.06. The largest absolute Gasteiger partial charge is 0.493 e. The Labute approximate surface area is 122 Å². The average Bonchev–Trinajstić information content (AvgIpc) is 3.28. The second-order valence-corrected chi connectivity index (χ2v) is 6.55. The summed E-state index contributed by atoms with van der Waals surface area (Å²) in [6.45, 7) is 8.15. The summed E-state index contributed by atoms with van der Waals surface area (Å²) < 4.78 is 5.68. The minimum Gasteiger partial charge on any atom is -0.493 e. The molecule has 0 heterocycles. The summed E-state index contributed by atoms with van der Waals surface area (Å²) in [5.74, 6) is 2.09. The Morgan fingerprint density at radius 3 is 2.45 bits per heavy atom. The van der Waals surface area contributed by atoms with E-state index in [1.54, 1.807) is 0 Å². The molecule has 3 heteroatoms. The molecule has 20 heavy (non-hydrogen) atoms. The molecule has 0 bridgehead atoms. The molecule has 112 valence electrons. The van der Waals surface area contributed by atoms with E-state index in [-0.39, 0.29) is 12.1 Å². The zero-order chi connectivity index (χ0) is 14.6. The van der Waals surface area contributed by atoms with Crippen molar-refractivity contribution in [2.45, 2.75) is 45.7 Å². The fourth-order valence-electron chi connectivity index (χ4n) is 2.32. The minimum absolute atomic E-state index is 0.132. The van der Waals surface area contributed by atoms with Crippen molar-refractivity contribution in [2.24, 2.45) is 11.8 Å². The van der Waals surface area contributed by atoms with Gasteiger partial charge in [0.25, 0.3) is 0 Å². The van der Waals surface area contributed by atoms with E-state index in [0.29, 0.717) is 11.8 Å². The lowest BCUT2D eigenvalue weighted by molar-refractivity contribution is 0.153. The molecule has 0 amide bonds. The molecule has 0 aliphatic heterocycles. The van der Waals surface area contributed by atoms with E-state index in [1.165, 1.54) is 18.4 Å². The van der Waals surface area contributed by atoms with E-state index < -0.39 is 0 Å². The van der Waals surface area contributed by atoms with Crippen LogP contribution in [0.4, 0.5) is 0 Å². The van der Waals surface area contributed by atoms with Crippen LogP contribution in [0.2, 0.25) is 0 Å². The molecule has 0 aromatic heterocycles. The lowest BCUT2D eigenvalue weighted by Crippen LogP contribution is -2.47. The Morgan fingerprint density at radius 1 is 1.30 bits per heavy atom. The lowest BCUT2D eigenvalue weighted by atomic mass is 9.96.